The molecular weight excluding hydrogens is 400 g/mol. The van der Waals surface area contributed by atoms with E-state index in [1.54, 1.807) is 37.9 Å². The van der Waals surface area contributed by atoms with Gasteiger partial charge >= 0.3 is 0 Å². The third-order valence-electron chi connectivity index (χ3n) is 6.00. The van der Waals surface area contributed by atoms with Crippen molar-refractivity contribution in [3.63, 3.8) is 0 Å². The predicted molar refractivity (Wildman–Crippen MR) is 117 cm³/mol. The van der Waals surface area contributed by atoms with E-state index in [4.69, 9.17) is 4.74 Å². The molecule has 0 atom stereocenters. The van der Waals surface area contributed by atoms with Crippen molar-refractivity contribution < 1.29 is 13.7 Å². The number of anilines is 2. The topological polar surface area (TPSA) is 55.3 Å². The second-order valence-corrected chi connectivity index (χ2v) is 11.9. The zero-order valence-electron chi connectivity index (χ0n) is 17.2. The zero-order valence-corrected chi connectivity index (χ0v) is 18.1. The van der Waals surface area contributed by atoms with Gasteiger partial charge in [-0.2, -0.15) is 0 Å². The highest BCUT2D eigenvalue weighted by Crippen LogP contribution is 2.48. The fraction of sp³-hybridized carbons (Fsp3) is 0.304. The largest absolute Gasteiger partial charge is 0.379 e. The smallest absolute Gasteiger partial charge is 0.229 e. The molecule has 1 fully saturated rings. The molecule has 0 saturated carbocycles. The van der Waals surface area contributed by atoms with E-state index < -0.39 is 7.14 Å². The Morgan fingerprint density at radius 2 is 1.83 bits per heavy atom. The monoisotopic (exact) mass is 423 g/mol. The number of benzene rings is 2. The van der Waals surface area contributed by atoms with Crippen LogP contribution in [0.2, 0.25) is 0 Å². The van der Waals surface area contributed by atoms with Crippen molar-refractivity contribution in [3.05, 3.63) is 65.7 Å². The molecule has 0 bridgehead atoms. The number of aromatic nitrogens is 2. The van der Waals surface area contributed by atoms with Gasteiger partial charge in [-0.05, 0) is 44.0 Å². The minimum Gasteiger partial charge on any atom is -0.379 e. The highest BCUT2D eigenvalue weighted by molar-refractivity contribution is 7.70. The highest BCUT2D eigenvalue weighted by atomic mass is 31.2. The number of hydrogen-bond acceptors (Lipinski definition) is 5. The minimum absolute atomic E-state index is 0.0793. The van der Waals surface area contributed by atoms with Crippen molar-refractivity contribution in [2.75, 3.05) is 38.0 Å². The van der Waals surface area contributed by atoms with Gasteiger partial charge in [0.1, 0.15) is 13.0 Å². The maximum atomic E-state index is 14.3. The van der Waals surface area contributed by atoms with Crippen molar-refractivity contribution >= 4 is 24.1 Å². The van der Waals surface area contributed by atoms with Crippen LogP contribution in [0.4, 0.5) is 16.0 Å². The van der Waals surface area contributed by atoms with E-state index in [-0.39, 0.29) is 11.2 Å². The molecule has 1 aromatic heterocycles. The summed E-state index contributed by atoms with van der Waals surface area (Å²) in [6, 6.07) is 11.0. The van der Waals surface area contributed by atoms with Gasteiger partial charge in [-0.25, -0.2) is 14.4 Å². The number of halogens is 1. The van der Waals surface area contributed by atoms with E-state index in [1.807, 2.05) is 19.1 Å². The Balaban J connectivity index is 1.55. The van der Waals surface area contributed by atoms with E-state index in [9.17, 15) is 8.96 Å². The number of aryl methyl sites for hydroxylation is 1. The molecule has 5 nitrogen and oxygen atoms in total. The first-order chi connectivity index (χ1) is 14.3. The van der Waals surface area contributed by atoms with Crippen LogP contribution in [0.1, 0.15) is 11.1 Å². The minimum atomic E-state index is -2.40. The van der Waals surface area contributed by atoms with Crippen LogP contribution in [-0.4, -0.2) is 43.1 Å². The second kappa shape index (κ2) is 6.73. The van der Waals surface area contributed by atoms with Crippen molar-refractivity contribution in [3.8, 4) is 11.1 Å². The molecule has 0 radical (unpaired) electrons. The fourth-order valence-corrected chi connectivity index (χ4v) is 5.10. The molecule has 0 amide bonds. The first-order valence-electron chi connectivity index (χ1n) is 9.91. The van der Waals surface area contributed by atoms with Crippen LogP contribution in [0.5, 0.6) is 0 Å². The molecule has 5 rings (SSSR count). The van der Waals surface area contributed by atoms with Crippen molar-refractivity contribution in [1.82, 2.24) is 9.97 Å². The van der Waals surface area contributed by atoms with Crippen molar-refractivity contribution in [1.29, 1.82) is 0 Å². The lowest BCUT2D eigenvalue weighted by Crippen LogP contribution is -2.49. The number of ether oxygens (including phenoxy) is 1. The summed E-state index contributed by atoms with van der Waals surface area (Å²) in [5.41, 5.74) is 4.20. The number of rotatable bonds is 3. The average Bonchev–Trinajstić information content (AvgIpc) is 3.05. The molecule has 0 unspecified atom stereocenters. The normalized spacial score (nSPS) is 17.1. The molecule has 0 aliphatic carbocycles. The molecule has 3 heterocycles. The molecule has 2 aliphatic heterocycles. The van der Waals surface area contributed by atoms with Gasteiger partial charge in [0.2, 0.25) is 5.95 Å². The lowest BCUT2D eigenvalue weighted by molar-refractivity contribution is -0.0507. The van der Waals surface area contributed by atoms with Gasteiger partial charge in [-0.1, -0.05) is 23.8 Å². The van der Waals surface area contributed by atoms with E-state index in [0.717, 1.165) is 16.6 Å². The summed E-state index contributed by atoms with van der Waals surface area (Å²) >= 11 is 0. The van der Waals surface area contributed by atoms with Crippen molar-refractivity contribution in [2.24, 2.45) is 0 Å². The summed E-state index contributed by atoms with van der Waals surface area (Å²) in [5.74, 6) is 0.261. The molecule has 154 valence electrons. The van der Waals surface area contributed by atoms with Gasteiger partial charge in [0, 0.05) is 41.1 Å². The maximum absolute atomic E-state index is 14.3. The Morgan fingerprint density at radius 3 is 2.47 bits per heavy atom. The molecule has 1 saturated heterocycles. The summed E-state index contributed by atoms with van der Waals surface area (Å²) in [6.07, 6.45) is 3.33. The van der Waals surface area contributed by atoms with Crippen LogP contribution in [0.15, 0.2) is 48.8 Å². The van der Waals surface area contributed by atoms with E-state index in [0.29, 0.717) is 36.8 Å². The summed E-state index contributed by atoms with van der Waals surface area (Å²) in [6.45, 7) is 7.49. The number of hydrogen-bond donors (Lipinski definition) is 0. The van der Waals surface area contributed by atoms with Gasteiger partial charge in [0.05, 0.1) is 18.6 Å². The Labute approximate surface area is 175 Å². The van der Waals surface area contributed by atoms with Gasteiger partial charge < -0.3 is 14.2 Å². The van der Waals surface area contributed by atoms with Crippen LogP contribution in [0, 0.1) is 12.7 Å². The summed E-state index contributed by atoms with van der Waals surface area (Å²) in [7, 11) is -2.40. The quantitative estimate of drug-likeness (QED) is 0.590. The van der Waals surface area contributed by atoms with Crippen LogP contribution in [0.25, 0.3) is 11.1 Å². The molecule has 7 heteroatoms. The molecule has 30 heavy (non-hydrogen) atoms. The molecule has 3 aromatic rings. The van der Waals surface area contributed by atoms with Crippen LogP contribution in [-0.2, 0) is 14.7 Å². The molecule has 1 spiro atoms. The Morgan fingerprint density at radius 1 is 1.10 bits per heavy atom. The van der Waals surface area contributed by atoms with E-state index in [2.05, 4.69) is 20.9 Å². The highest BCUT2D eigenvalue weighted by Gasteiger charge is 2.49. The second-order valence-electron chi connectivity index (χ2n) is 8.67. The summed E-state index contributed by atoms with van der Waals surface area (Å²) < 4.78 is 32.4. The fourth-order valence-electron chi connectivity index (χ4n) is 4.23. The molecular formula is C23H23FN3O2P. The third kappa shape index (κ3) is 3.06. The maximum Gasteiger partial charge on any atom is 0.229 e. The molecule has 0 N–H and O–H groups in total. The molecule has 2 aliphatic rings. The molecule has 2 aromatic carbocycles. The van der Waals surface area contributed by atoms with Gasteiger partial charge in [0.25, 0.3) is 0 Å². The predicted octanol–water partition coefficient (Wildman–Crippen LogP) is 4.26. The lowest BCUT2D eigenvalue weighted by Gasteiger charge is -2.38. The van der Waals surface area contributed by atoms with Crippen LogP contribution < -0.4 is 10.2 Å². The summed E-state index contributed by atoms with van der Waals surface area (Å²) in [5, 5.41) is 0.835. The van der Waals surface area contributed by atoms with E-state index in [1.165, 1.54) is 11.6 Å². The SMILES string of the molecule is Cc1ccc(F)c(-c2cnc(N3CC4(COC4)c4ccc(P(C)(C)=O)cc43)nc2)c1. The Kier molecular flexibility index (Phi) is 4.35. The Bertz CT molecular complexity index is 1190. The first kappa shape index (κ1) is 19.4. The Hall–Kier alpha value is -2.56. The lowest BCUT2D eigenvalue weighted by atomic mass is 9.81. The van der Waals surface area contributed by atoms with Crippen LogP contribution in [0.3, 0.4) is 0 Å². The first-order valence-corrected chi connectivity index (χ1v) is 12.5. The summed E-state index contributed by atoms with van der Waals surface area (Å²) in [4.78, 5) is 11.2. The number of nitrogens with zero attached hydrogens (tertiary/aromatic N) is 3. The van der Waals surface area contributed by atoms with Crippen molar-refractivity contribution in [2.45, 2.75) is 12.3 Å². The van der Waals surface area contributed by atoms with Gasteiger partial charge in [-0.3, -0.25) is 0 Å². The van der Waals surface area contributed by atoms with Crippen LogP contribution >= 0.6 is 7.14 Å². The van der Waals surface area contributed by atoms with E-state index >= 15 is 0 Å². The third-order valence-corrected chi connectivity index (χ3v) is 7.52. The zero-order chi connectivity index (χ0) is 21.1. The number of fused-ring (bicyclic) bond motifs is 2. The standard InChI is InChI=1S/C23H23FN3O2P/c1-15-4-7-20(24)18(8-15)16-10-25-22(26-11-16)27-12-23(13-29-14-23)19-6-5-17(9-21(19)27)30(2,3)28/h4-11H,12-14H2,1-3H3. The van der Waals surface area contributed by atoms with Gasteiger partial charge in [-0.15, -0.1) is 0 Å². The van der Waals surface area contributed by atoms with Gasteiger partial charge in [0.15, 0.2) is 0 Å². The average molecular weight is 423 g/mol.